The van der Waals surface area contributed by atoms with E-state index in [1.807, 2.05) is 23.6 Å². The van der Waals surface area contributed by atoms with E-state index >= 15 is 0 Å². The van der Waals surface area contributed by atoms with E-state index in [-0.39, 0.29) is 18.4 Å². The van der Waals surface area contributed by atoms with Crippen LogP contribution in [-0.2, 0) is 27.2 Å². The Morgan fingerprint density at radius 2 is 2.00 bits per heavy atom. The van der Waals surface area contributed by atoms with Crippen LogP contribution >= 0.6 is 38.9 Å². The predicted molar refractivity (Wildman–Crippen MR) is 126 cm³/mol. The van der Waals surface area contributed by atoms with Crippen LogP contribution in [0.15, 0.2) is 58.4 Å². The van der Waals surface area contributed by atoms with E-state index in [0.29, 0.717) is 28.0 Å². The molecule has 4 rings (SSSR count). The van der Waals surface area contributed by atoms with Crippen LogP contribution in [0, 0.1) is 11.7 Å². The molecule has 2 atom stereocenters. The van der Waals surface area contributed by atoms with Gasteiger partial charge in [-0.1, -0.05) is 39.7 Å². The summed E-state index contributed by atoms with van der Waals surface area (Å²) in [5.41, 5.74) is 2.50. The lowest BCUT2D eigenvalue weighted by molar-refractivity contribution is -0.154. The molecule has 2 aromatic carbocycles. The third-order valence-electron chi connectivity index (χ3n) is 5.58. The summed E-state index contributed by atoms with van der Waals surface area (Å²) >= 11 is 11.0. The molecule has 0 aliphatic carbocycles. The largest absolute Gasteiger partial charge is 0.468 e. The highest BCUT2D eigenvalue weighted by Crippen LogP contribution is 2.39. The number of halogens is 3. The Bertz CT molecular complexity index is 1130. The number of benzene rings is 2. The fourth-order valence-electron chi connectivity index (χ4n) is 4.14. The molecule has 0 radical (unpaired) electrons. The molecule has 166 valence electrons. The Balaban J connectivity index is 1.71. The van der Waals surface area contributed by atoms with Crippen molar-refractivity contribution in [3.63, 3.8) is 0 Å². The SMILES string of the molecule is COC(=O)C(Cc1cc(F)cc(Br)c1)C(=O)N1CCc2sccc2C1c1ccc(Cl)cc1. The lowest BCUT2D eigenvalue weighted by Gasteiger charge is -2.38. The third-order valence-corrected chi connectivity index (χ3v) is 7.29. The summed E-state index contributed by atoms with van der Waals surface area (Å²) in [6.07, 6.45) is 0.754. The van der Waals surface area contributed by atoms with Gasteiger partial charge in [-0.2, -0.15) is 0 Å². The Morgan fingerprint density at radius 3 is 2.69 bits per heavy atom. The van der Waals surface area contributed by atoms with Gasteiger partial charge in [0.1, 0.15) is 11.7 Å². The van der Waals surface area contributed by atoms with E-state index in [1.54, 1.807) is 34.4 Å². The quantitative estimate of drug-likeness (QED) is 0.305. The fourth-order valence-corrected chi connectivity index (χ4v) is 5.68. The average molecular weight is 537 g/mol. The minimum atomic E-state index is -1.08. The first-order chi connectivity index (χ1) is 15.4. The first-order valence-electron chi connectivity index (χ1n) is 10.0. The van der Waals surface area contributed by atoms with Gasteiger partial charge in [0.05, 0.1) is 13.2 Å². The monoisotopic (exact) mass is 535 g/mol. The number of ether oxygens (including phenoxy) is 1. The normalized spacial score (nSPS) is 16.4. The third kappa shape index (κ3) is 4.75. The van der Waals surface area contributed by atoms with Crippen LogP contribution in [0.1, 0.15) is 27.6 Å². The number of carbonyl (C=O) groups excluding carboxylic acids is 2. The van der Waals surface area contributed by atoms with E-state index in [9.17, 15) is 14.0 Å². The highest BCUT2D eigenvalue weighted by molar-refractivity contribution is 9.10. The lowest BCUT2D eigenvalue weighted by atomic mass is 9.90. The van der Waals surface area contributed by atoms with Crippen LogP contribution in [0.5, 0.6) is 0 Å². The van der Waals surface area contributed by atoms with Gasteiger partial charge in [-0.15, -0.1) is 11.3 Å². The first-order valence-corrected chi connectivity index (χ1v) is 12.1. The molecule has 1 amide bonds. The predicted octanol–water partition coefficient (Wildman–Crippen LogP) is 5.81. The number of carbonyl (C=O) groups is 2. The van der Waals surface area contributed by atoms with Gasteiger partial charge >= 0.3 is 5.97 Å². The zero-order valence-corrected chi connectivity index (χ0v) is 20.3. The lowest BCUT2D eigenvalue weighted by Crippen LogP contribution is -2.46. The molecular formula is C24H20BrClFNO3S. The van der Waals surface area contributed by atoms with Crippen molar-refractivity contribution >= 4 is 50.7 Å². The summed E-state index contributed by atoms with van der Waals surface area (Å²) < 4.78 is 19.4. The molecule has 1 aliphatic rings. The molecular weight excluding hydrogens is 517 g/mol. The van der Waals surface area contributed by atoms with Gasteiger partial charge in [-0.05, 0) is 71.3 Å². The van der Waals surface area contributed by atoms with Gasteiger partial charge in [-0.25, -0.2) is 4.39 Å². The number of hydrogen-bond donors (Lipinski definition) is 0. The molecule has 3 aromatic rings. The van der Waals surface area contributed by atoms with Gasteiger partial charge in [0.15, 0.2) is 0 Å². The van der Waals surface area contributed by atoms with E-state index in [4.69, 9.17) is 16.3 Å². The van der Waals surface area contributed by atoms with E-state index in [2.05, 4.69) is 15.9 Å². The van der Waals surface area contributed by atoms with Gasteiger partial charge in [0.2, 0.25) is 5.91 Å². The highest BCUT2D eigenvalue weighted by atomic mass is 79.9. The number of rotatable bonds is 5. The number of nitrogens with zero attached hydrogens (tertiary/aromatic N) is 1. The second kappa shape index (κ2) is 9.73. The van der Waals surface area contributed by atoms with Crippen molar-refractivity contribution in [2.75, 3.05) is 13.7 Å². The molecule has 2 heterocycles. The number of fused-ring (bicyclic) bond motifs is 1. The van der Waals surface area contributed by atoms with E-state index in [0.717, 1.165) is 11.1 Å². The second-order valence-electron chi connectivity index (χ2n) is 7.59. The fraction of sp³-hybridized carbons (Fsp3) is 0.250. The summed E-state index contributed by atoms with van der Waals surface area (Å²) in [6, 6.07) is 13.4. The highest BCUT2D eigenvalue weighted by Gasteiger charge is 2.39. The van der Waals surface area contributed by atoms with Crippen LogP contribution in [0.25, 0.3) is 0 Å². The van der Waals surface area contributed by atoms with Crippen molar-refractivity contribution < 1.29 is 18.7 Å². The maximum atomic E-state index is 13.9. The van der Waals surface area contributed by atoms with Crippen LogP contribution in [-0.4, -0.2) is 30.4 Å². The Hall–Kier alpha value is -2.22. The molecule has 0 spiro atoms. The molecule has 0 bridgehead atoms. The zero-order chi connectivity index (χ0) is 22.8. The van der Waals surface area contributed by atoms with Gasteiger partial charge < -0.3 is 9.64 Å². The number of hydrogen-bond acceptors (Lipinski definition) is 4. The molecule has 1 aromatic heterocycles. The van der Waals surface area contributed by atoms with Gasteiger partial charge in [-0.3, -0.25) is 9.59 Å². The van der Waals surface area contributed by atoms with E-state index in [1.165, 1.54) is 24.1 Å². The van der Waals surface area contributed by atoms with Crippen molar-refractivity contribution in [3.05, 3.63) is 90.8 Å². The molecule has 8 heteroatoms. The maximum Gasteiger partial charge on any atom is 0.318 e. The van der Waals surface area contributed by atoms with Crippen LogP contribution in [0.3, 0.4) is 0 Å². The molecule has 2 unspecified atom stereocenters. The topological polar surface area (TPSA) is 46.6 Å². The van der Waals surface area contributed by atoms with Crippen molar-refractivity contribution in [3.8, 4) is 0 Å². The smallest absolute Gasteiger partial charge is 0.318 e. The summed E-state index contributed by atoms with van der Waals surface area (Å²) in [7, 11) is 1.26. The van der Waals surface area contributed by atoms with Gasteiger partial charge in [0, 0.05) is 20.9 Å². The molecule has 0 N–H and O–H groups in total. The Labute approximate surface area is 203 Å². The van der Waals surface area contributed by atoms with Crippen molar-refractivity contribution in [1.29, 1.82) is 0 Å². The average Bonchev–Trinajstić information content (AvgIpc) is 3.25. The number of methoxy groups -OCH3 is 1. The Kier molecular flexibility index (Phi) is 6.98. The molecule has 0 fully saturated rings. The molecule has 4 nitrogen and oxygen atoms in total. The molecule has 32 heavy (non-hydrogen) atoms. The number of thiophene rings is 1. The maximum absolute atomic E-state index is 13.9. The van der Waals surface area contributed by atoms with Gasteiger partial charge in [0.25, 0.3) is 0 Å². The minimum absolute atomic E-state index is 0.0438. The van der Waals surface area contributed by atoms with Crippen LogP contribution in [0.2, 0.25) is 5.02 Å². The van der Waals surface area contributed by atoms with E-state index < -0.39 is 17.7 Å². The molecule has 0 saturated heterocycles. The second-order valence-corrected chi connectivity index (χ2v) is 9.95. The number of amides is 1. The first kappa shape index (κ1) is 23.0. The van der Waals surface area contributed by atoms with Crippen LogP contribution < -0.4 is 0 Å². The summed E-state index contributed by atoms with van der Waals surface area (Å²) in [5, 5.41) is 2.63. The molecule has 1 aliphatic heterocycles. The van der Waals surface area contributed by atoms with Crippen LogP contribution in [0.4, 0.5) is 4.39 Å². The summed E-state index contributed by atoms with van der Waals surface area (Å²) in [6.45, 7) is 0.472. The Morgan fingerprint density at radius 1 is 1.25 bits per heavy atom. The summed E-state index contributed by atoms with van der Waals surface area (Å²) in [5.74, 6) is -2.50. The van der Waals surface area contributed by atoms with Crippen molar-refractivity contribution in [2.45, 2.75) is 18.9 Å². The standard InChI is InChI=1S/C24H20BrClFNO3S/c1-31-24(30)20(12-14-10-16(25)13-18(27)11-14)23(29)28-8-6-21-19(7-9-32-21)22(28)15-2-4-17(26)5-3-15/h2-5,7,9-11,13,20,22H,6,8,12H2,1H3. The number of esters is 1. The van der Waals surface area contributed by atoms with Crippen molar-refractivity contribution in [1.82, 2.24) is 4.90 Å². The van der Waals surface area contributed by atoms with Crippen molar-refractivity contribution in [2.24, 2.45) is 5.92 Å². The minimum Gasteiger partial charge on any atom is -0.468 e. The summed E-state index contributed by atoms with van der Waals surface area (Å²) in [4.78, 5) is 29.4. The zero-order valence-electron chi connectivity index (χ0n) is 17.2. The molecule has 0 saturated carbocycles.